The van der Waals surface area contributed by atoms with E-state index in [1.807, 2.05) is 0 Å². The molecule has 1 aromatic rings. The number of nitrogens with zero attached hydrogens (tertiary/aromatic N) is 2. The zero-order chi connectivity index (χ0) is 13.5. The van der Waals surface area contributed by atoms with Crippen molar-refractivity contribution >= 4 is 0 Å². The lowest BCUT2D eigenvalue weighted by Crippen LogP contribution is -2.51. The van der Waals surface area contributed by atoms with Crippen LogP contribution in [-0.2, 0) is 12.6 Å². The number of alkyl halides is 3. The highest BCUT2D eigenvalue weighted by Crippen LogP contribution is 2.45. The molecule has 1 aliphatic heterocycles. The predicted octanol–water partition coefficient (Wildman–Crippen LogP) is 2.43. The lowest BCUT2D eigenvalue weighted by Gasteiger charge is -2.39. The van der Waals surface area contributed by atoms with Gasteiger partial charge in [0.15, 0.2) is 5.69 Å². The normalized spacial score (nSPS) is 25.5. The molecule has 0 unspecified atom stereocenters. The summed E-state index contributed by atoms with van der Waals surface area (Å²) in [6.07, 6.45) is 1.97. The summed E-state index contributed by atoms with van der Waals surface area (Å²) >= 11 is 0. The number of aromatic nitrogens is 2. The minimum Gasteiger partial charge on any atom is -0.316 e. The van der Waals surface area contributed by atoms with Crippen molar-refractivity contribution in [1.82, 2.24) is 15.3 Å². The van der Waals surface area contributed by atoms with Gasteiger partial charge in [-0.1, -0.05) is 0 Å². The zero-order valence-corrected chi connectivity index (χ0v) is 10.5. The molecule has 1 aromatic heterocycles. The molecule has 1 saturated heterocycles. The van der Waals surface area contributed by atoms with Crippen LogP contribution in [0, 0.1) is 11.3 Å². The smallest absolute Gasteiger partial charge is 0.316 e. The topological polar surface area (TPSA) is 37.8 Å². The zero-order valence-electron chi connectivity index (χ0n) is 10.5. The quantitative estimate of drug-likeness (QED) is 0.897. The molecule has 0 bridgehead atoms. The molecule has 1 saturated carbocycles. The Labute approximate surface area is 109 Å². The van der Waals surface area contributed by atoms with E-state index in [2.05, 4.69) is 15.3 Å². The van der Waals surface area contributed by atoms with Gasteiger partial charge in [-0.3, -0.25) is 4.98 Å². The van der Waals surface area contributed by atoms with Gasteiger partial charge in [0.25, 0.3) is 0 Å². The highest BCUT2D eigenvalue weighted by Gasteiger charge is 2.43. The van der Waals surface area contributed by atoms with E-state index in [0.29, 0.717) is 17.0 Å². The lowest BCUT2D eigenvalue weighted by atomic mass is 9.79. The molecular weight excluding hydrogens is 255 g/mol. The fourth-order valence-corrected chi connectivity index (χ4v) is 3.20. The van der Waals surface area contributed by atoms with Gasteiger partial charge >= 0.3 is 6.18 Å². The number of halogens is 3. The third-order valence-corrected chi connectivity index (χ3v) is 4.30. The SMILES string of the molecule is FC(F)(F)c1cnc(C[C@@H]2CCC3(CNC3)C2)cn1. The fourth-order valence-electron chi connectivity index (χ4n) is 3.20. The first-order valence-corrected chi connectivity index (χ1v) is 6.56. The monoisotopic (exact) mass is 271 g/mol. The summed E-state index contributed by atoms with van der Waals surface area (Å²) in [6, 6.07) is 0. The van der Waals surface area contributed by atoms with Gasteiger partial charge in [0, 0.05) is 19.3 Å². The molecule has 1 spiro atoms. The first kappa shape index (κ1) is 12.8. The minimum atomic E-state index is -4.40. The van der Waals surface area contributed by atoms with Crippen molar-refractivity contribution < 1.29 is 13.2 Å². The Morgan fingerprint density at radius 2 is 2.05 bits per heavy atom. The Morgan fingerprint density at radius 3 is 2.53 bits per heavy atom. The summed E-state index contributed by atoms with van der Waals surface area (Å²) < 4.78 is 37.1. The second-order valence-corrected chi connectivity index (χ2v) is 5.81. The molecule has 0 amide bonds. The molecule has 1 atom stereocenters. The van der Waals surface area contributed by atoms with Gasteiger partial charge in [-0.25, -0.2) is 4.98 Å². The van der Waals surface area contributed by atoms with Crippen molar-refractivity contribution in [2.24, 2.45) is 11.3 Å². The van der Waals surface area contributed by atoms with Crippen LogP contribution in [0.15, 0.2) is 12.4 Å². The molecule has 6 heteroatoms. The molecular formula is C13H16F3N3. The maximum absolute atomic E-state index is 12.4. The summed E-state index contributed by atoms with van der Waals surface area (Å²) in [6.45, 7) is 2.17. The van der Waals surface area contributed by atoms with Crippen LogP contribution in [0.25, 0.3) is 0 Å². The van der Waals surface area contributed by atoms with Gasteiger partial charge < -0.3 is 5.32 Å². The summed E-state index contributed by atoms with van der Waals surface area (Å²) in [5, 5.41) is 3.30. The van der Waals surface area contributed by atoms with E-state index < -0.39 is 11.9 Å². The van der Waals surface area contributed by atoms with Crippen LogP contribution in [-0.4, -0.2) is 23.1 Å². The molecule has 2 fully saturated rings. The highest BCUT2D eigenvalue weighted by molar-refractivity contribution is 5.08. The van der Waals surface area contributed by atoms with E-state index in [4.69, 9.17) is 0 Å². The van der Waals surface area contributed by atoms with Crippen molar-refractivity contribution in [2.45, 2.75) is 31.9 Å². The molecule has 3 nitrogen and oxygen atoms in total. The van der Waals surface area contributed by atoms with Crippen LogP contribution < -0.4 is 5.32 Å². The predicted molar refractivity (Wildman–Crippen MR) is 63.4 cm³/mol. The number of hydrogen-bond donors (Lipinski definition) is 1. The second kappa shape index (κ2) is 4.44. The summed E-state index contributed by atoms with van der Waals surface area (Å²) in [4.78, 5) is 7.36. The molecule has 2 aliphatic rings. The van der Waals surface area contributed by atoms with Gasteiger partial charge in [-0.15, -0.1) is 0 Å². The van der Waals surface area contributed by atoms with E-state index in [1.165, 1.54) is 12.6 Å². The molecule has 19 heavy (non-hydrogen) atoms. The molecule has 0 radical (unpaired) electrons. The van der Waals surface area contributed by atoms with Crippen LogP contribution >= 0.6 is 0 Å². The Balaban J connectivity index is 1.61. The van der Waals surface area contributed by atoms with E-state index in [1.54, 1.807) is 0 Å². The Bertz CT molecular complexity index is 451. The number of nitrogens with one attached hydrogen (secondary N) is 1. The number of hydrogen-bond acceptors (Lipinski definition) is 3. The maximum atomic E-state index is 12.4. The van der Waals surface area contributed by atoms with Gasteiger partial charge in [0.1, 0.15) is 0 Å². The maximum Gasteiger partial charge on any atom is 0.434 e. The van der Waals surface area contributed by atoms with E-state index in [-0.39, 0.29) is 0 Å². The fraction of sp³-hybridized carbons (Fsp3) is 0.692. The summed E-state index contributed by atoms with van der Waals surface area (Å²) in [7, 11) is 0. The molecule has 0 aromatic carbocycles. The van der Waals surface area contributed by atoms with Crippen LogP contribution in [0.1, 0.15) is 30.7 Å². The van der Waals surface area contributed by atoms with Crippen molar-refractivity contribution in [3.63, 3.8) is 0 Å². The van der Waals surface area contributed by atoms with Crippen molar-refractivity contribution in [3.05, 3.63) is 23.8 Å². The van der Waals surface area contributed by atoms with Crippen LogP contribution in [0.3, 0.4) is 0 Å². The van der Waals surface area contributed by atoms with Crippen LogP contribution in [0.2, 0.25) is 0 Å². The largest absolute Gasteiger partial charge is 0.434 e. The molecule has 2 heterocycles. The second-order valence-electron chi connectivity index (χ2n) is 5.81. The van der Waals surface area contributed by atoms with E-state index >= 15 is 0 Å². The Morgan fingerprint density at radius 1 is 1.26 bits per heavy atom. The molecule has 3 rings (SSSR count). The van der Waals surface area contributed by atoms with Crippen molar-refractivity contribution in [2.75, 3.05) is 13.1 Å². The highest BCUT2D eigenvalue weighted by atomic mass is 19.4. The third-order valence-electron chi connectivity index (χ3n) is 4.30. The van der Waals surface area contributed by atoms with Crippen LogP contribution in [0.5, 0.6) is 0 Å². The Kier molecular flexibility index (Phi) is 3.00. The first-order chi connectivity index (χ1) is 8.97. The van der Waals surface area contributed by atoms with E-state index in [0.717, 1.165) is 38.5 Å². The Hall–Kier alpha value is -1.17. The average molecular weight is 271 g/mol. The molecule has 104 valence electrons. The summed E-state index contributed by atoms with van der Waals surface area (Å²) in [5.74, 6) is 0.535. The van der Waals surface area contributed by atoms with Gasteiger partial charge in [0.2, 0.25) is 0 Å². The third kappa shape index (κ3) is 2.59. The van der Waals surface area contributed by atoms with Gasteiger partial charge in [0.05, 0.1) is 11.9 Å². The first-order valence-electron chi connectivity index (χ1n) is 6.56. The average Bonchev–Trinajstić information content (AvgIpc) is 2.73. The van der Waals surface area contributed by atoms with Crippen molar-refractivity contribution in [1.29, 1.82) is 0 Å². The van der Waals surface area contributed by atoms with E-state index in [9.17, 15) is 13.2 Å². The lowest BCUT2D eigenvalue weighted by molar-refractivity contribution is -0.141. The standard InChI is InChI=1S/C13H16F3N3/c14-13(15,16)11-6-18-10(5-19-11)3-9-1-2-12(4-9)7-17-8-12/h5-6,9,17H,1-4,7-8H2/t9-/m0/s1. The van der Waals surface area contributed by atoms with Crippen LogP contribution in [0.4, 0.5) is 13.2 Å². The minimum absolute atomic E-state index is 0.462. The van der Waals surface area contributed by atoms with Crippen molar-refractivity contribution in [3.8, 4) is 0 Å². The van der Waals surface area contributed by atoms with Gasteiger partial charge in [-0.05, 0) is 37.0 Å². The molecule has 1 aliphatic carbocycles. The molecule has 1 N–H and O–H groups in total. The number of rotatable bonds is 2. The van der Waals surface area contributed by atoms with Gasteiger partial charge in [-0.2, -0.15) is 13.2 Å². The summed E-state index contributed by atoms with van der Waals surface area (Å²) in [5.41, 5.74) is 0.217.